The smallest absolute Gasteiger partial charge is 0.123 e. The summed E-state index contributed by atoms with van der Waals surface area (Å²) in [6, 6.07) is 9.14. The zero-order valence-corrected chi connectivity index (χ0v) is 12.9. The predicted molar refractivity (Wildman–Crippen MR) is 82.8 cm³/mol. The molecule has 0 aromatic heterocycles. The third-order valence-electron chi connectivity index (χ3n) is 3.63. The quantitative estimate of drug-likeness (QED) is 0.652. The molecular weight excluding hydrogens is 234 g/mol. The maximum atomic E-state index is 5.42. The zero-order valence-electron chi connectivity index (χ0n) is 12.9. The molecule has 0 saturated carbocycles. The van der Waals surface area contributed by atoms with Crippen LogP contribution in [0.2, 0.25) is 0 Å². The van der Waals surface area contributed by atoms with E-state index in [4.69, 9.17) is 4.74 Å². The van der Waals surface area contributed by atoms with Gasteiger partial charge in [0.25, 0.3) is 0 Å². The Balaban J connectivity index is 2.42. The van der Waals surface area contributed by atoms with Crippen molar-refractivity contribution >= 4 is 0 Å². The van der Waals surface area contributed by atoms with Crippen molar-refractivity contribution in [3.63, 3.8) is 0 Å². The van der Waals surface area contributed by atoms with Gasteiger partial charge in [-0.05, 0) is 26.3 Å². The van der Waals surface area contributed by atoms with Crippen molar-refractivity contribution in [2.45, 2.75) is 65.0 Å². The van der Waals surface area contributed by atoms with Gasteiger partial charge < -0.3 is 10.1 Å². The summed E-state index contributed by atoms with van der Waals surface area (Å²) in [5.74, 6) is 0.973. The summed E-state index contributed by atoms with van der Waals surface area (Å²) in [5, 5.41) is 3.67. The molecule has 1 N–H and O–H groups in total. The fraction of sp³-hybridized carbons (Fsp3) is 0.647. The average molecular weight is 263 g/mol. The Bertz CT molecular complexity index is 351. The summed E-state index contributed by atoms with van der Waals surface area (Å²) < 4.78 is 5.42. The molecule has 0 bridgehead atoms. The minimum Gasteiger partial charge on any atom is -0.496 e. The van der Waals surface area contributed by atoms with Crippen molar-refractivity contribution in [2.75, 3.05) is 7.11 Å². The van der Waals surface area contributed by atoms with Crippen LogP contribution in [0.5, 0.6) is 5.75 Å². The van der Waals surface area contributed by atoms with Gasteiger partial charge in [-0.1, -0.05) is 50.8 Å². The Kier molecular flexibility index (Phi) is 7.57. The van der Waals surface area contributed by atoms with E-state index in [9.17, 15) is 0 Å². The van der Waals surface area contributed by atoms with Gasteiger partial charge in [-0.2, -0.15) is 0 Å². The lowest BCUT2D eigenvalue weighted by Gasteiger charge is -2.22. The van der Waals surface area contributed by atoms with Crippen LogP contribution in [0.25, 0.3) is 0 Å². The molecule has 1 aromatic rings. The molecule has 108 valence electrons. The molecule has 19 heavy (non-hydrogen) atoms. The van der Waals surface area contributed by atoms with E-state index >= 15 is 0 Å². The number of para-hydroxylation sites is 1. The summed E-state index contributed by atoms with van der Waals surface area (Å²) in [7, 11) is 1.74. The minimum atomic E-state index is 0.331. The highest BCUT2D eigenvalue weighted by Gasteiger charge is 2.12. The van der Waals surface area contributed by atoms with Crippen molar-refractivity contribution in [2.24, 2.45) is 0 Å². The van der Waals surface area contributed by atoms with Gasteiger partial charge >= 0.3 is 0 Å². The molecule has 0 amide bonds. The van der Waals surface area contributed by atoms with Gasteiger partial charge in [0, 0.05) is 17.6 Å². The van der Waals surface area contributed by atoms with Crippen molar-refractivity contribution in [1.82, 2.24) is 5.32 Å². The van der Waals surface area contributed by atoms with Crippen molar-refractivity contribution in [3.8, 4) is 5.75 Å². The van der Waals surface area contributed by atoms with Crippen LogP contribution in [0.3, 0.4) is 0 Å². The third kappa shape index (κ3) is 5.65. The van der Waals surface area contributed by atoms with Gasteiger partial charge in [0.2, 0.25) is 0 Å². The Hall–Kier alpha value is -1.02. The van der Waals surface area contributed by atoms with Gasteiger partial charge in [0.05, 0.1) is 7.11 Å². The second-order valence-corrected chi connectivity index (χ2v) is 5.38. The number of methoxy groups -OCH3 is 1. The number of benzene rings is 1. The van der Waals surface area contributed by atoms with Crippen LogP contribution >= 0.6 is 0 Å². The number of unbranched alkanes of at least 4 members (excludes halogenated alkanes) is 3. The summed E-state index contributed by atoms with van der Waals surface area (Å²) >= 11 is 0. The molecule has 2 atom stereocenters. The van der Waals surface area contributed by atoms with Crippen LogP contribution in [0, 0.1) is 0 Å². The molecule has 0 fully saturated rings. The van der Waals surface area contributed by atoms with Crippen molar-refractivity contribution in [3.05, 3.63) is 29.8 Å². The largest absolute Gasteiger partial charge is 0.496 e. The molecule has 0 spiro atoms. The van der Waals surface area contributed by atoms with Crippen LogP contribution in [0.1, 0.15) is 64.5 Å². The first kappa shape index (κ1) is 16.0. The average Bonchev–Trinajstić information content (AvgIpc) is 2.43. The Morgan fingerprint density at radius 3 is 2.53 bits per heavy atom. The molecule has 0 aliphatic rings. The summed E-state index contributed by atoms with van der Waals surface area (Å²) in [5.41, 5.74) is 1.24. The minimum absolute atomic E-state index is 0.331. The van der Waals surface area contributed by atoms with Crippen molar-refractivity contribution in [1.29, 1.82) is 0 Å². The lowest BCUT2D eigenvalue weighted by molar-refractivity contribution is 0.390. The second kappa shape index (κ2) is 8.98. The Morgan fingerprint density at radius 2 is 1.84 bits per heavy atom. The molecule has 2 heteroatoms. The SMILES string of the molecule is CCCCCCC(C)N[C@@H](C)c1ccccc1OC. The molecular formula is C17H29NO. The van der Waals surface area contributed by atoms with E-state index in [0.717, 1.165) is 5.75 Å². The number of ether oxygens (including phenoxy) is 1. The maximum Gasteiger partial charge on any atom is 0.123 e. The first-order chi connectivity index (χ1) is 9.19. The van der Waals surface area contributed by atoms with Gasteiger partial charge in [-0.25, -0.2) is 0 Å². The summed E-state index contributed by atoms with van der Waals surface area (Å²) in [6.07, 6.45) is 6.58. The second-order valence-electron chi connectivity index (χ2n) is 5.38. The van der Waals surface area contributed by atoms with E-state index in [2.05, 4.69) is 38.2 Å². The van der Waals surface area contributed by atoms with Crippen LogP contribution in [0.15, 0.2) is 24.3 Å². The third-order valence-corrected chi connectivity index (χ3v) is 3.63. The lowest BCUT2D eigenvalue weighted by atomic mass is 10.0. The van der Waals surface area contributed by atoms with Gasteiger partial charge in [0.1, 0.15) is 5.75 Å². The molecule has 0 radical (unpaired) electrons. The first-order valence-electron chi connectivity index (χ1n) is 7.58. The monoisotopic (exact) mass is 263 g/mol. The lowest BCUT2D eigenvalue weighted by Crippen LogP contribution is -2.29. The van der Waals surface area contributed by atoms with E-state index in [-0.39, 0.29) is 0 Å². The Labute approximate surface area is 118 Å². The molecule has 1 aromatic carbocycles. The molecule has 0 aliphatic heterocycles. The van der Waals surface area contributed by atoms with Crippen LogP contribution < -0.4 is 10.1 Å². The number of hydrogen-bond donors (Lipinski definition) is 1. The molecule has 1 unspecified atom stereocenters. The molecule has 1 rings (SSSR count). The highest BCUT2D eigenvalue weighted by Crippen LogP contribution is 2.25. The highest BCUT2D eigenvalue weighted by atomic mass is 16.5. The predicted octanol–water partition coefficient (Wildman–Crippen LogP) is 4.70. The summed E-state index contributed by atoms with van der Waals surface area (Å²) in [4.78, 5) is 0. The van der Waals surface area contributed by atoms with Crippen molar-refractivity contribution < 1.29 is 4.74 Å². The normalized spacial score (nSPS) is 14.1. The fourth-order valence-corrected chi connectivity index (χ4v) is 2.50. The molecule has 0 saturated heterocycles. The molecule has 0 heterocycles. The van der Waals surface area contributed by atoms with E-state index in [1.165, 1.54) is 37.7 Å². The Morgan fingerprint density at radius 1 is 1.11 bits per heavy atom. The van der Waals surface area contributed by atoms with Gasteiger partial charge in [-0.15, -0.1) is 0 Å². The van der Waals surface area contributed by atoms with Crippen LogP contribution in [-0.4, -0.2) is 13.2 Å². The first-order valence-corrected chi connectivity index (χ1v) is 7.58. The molecule has 2 nitrogen and oxygen atoms in total. The maximum absolute atomic E-state index is 5.42. The van der Waals surface area contributed by atoms with E-state index in [0.29, 0.717) is 12.1 Å². The van der Waals surface area contributed by atoms with Crippen LogP contribution in [0.4, 0.5) is 0 Å². The number of hydrogen-bond acceptors (Lipinski definition) is 2. The number of rotatable bonds is 9. The van der Waals surface area contributed by atoms with E-state index < -0.39 is 0 Å². The van der Waals surface area contributed by atoms with Gasteiger partial charge in [-0.3, -0.25) is 0 Å². The number of nitrogens with one attached hydrogen (secondary N) is 1. The molecule has 0 aliphatic carbocycles. The standard InChI is InChI=1S/C17H29NO/c1-5-6-7-8-11-14(2)18-15(3)16-12-9-10-13-17(16)19-4/h9-10,12-15,18H,5-8,11H2,1-4H3/t14?,15-/m0/s1. The van der Waals surface area contributed by atoms with E-state index in [1.54, 1.807) is 7.11 Å². The fourth-order valence-electron chi connectivity index (χ4n) is 2.50. The van der Waals surface area contributed by atoms with E-state index in [1.807, 2.05) is 12.1 Å². The highest BCUT2D eigenvalue weighted by molar-refractivity contribution is 5.35. The van der Waals surface area contributed by atoms with Gasteiger partial charge in [0.15, 0.2) is 0 Å². The summed E-state index contributed by atoms with van der Waals surface area (Å²) in [6.45, 7) is 6.74. The zero-order chi connectivity index (χ0) is 14.1. The topological polar surface area (TPSA) is 21.3 Å². The van der Waals surface area contributed by atoms with Crippen LogP contribution in [-0.2, 0) is 0 Å².